The van der Waals surface area contributed by atoms with Crippen LogP contribution < -0.4 is 16.0 Å². The predicted octanol–water partition coefficient (Wildman–Crippen LogP) is 3.83. The zero-order valence-corrected chi connectivity index (χ0v) is 18.6. The lowest BCUT2D eigenvalue weighted by Crippen LogP contribution is -2.57. The molecule has 3 atom stereocenters. The average Bonchev–Trinajstić information content (AvgIpc) is 2.88. The van der Waals surface area contributed by atoms with Gasteiger partial charge in [0.15, 0.2) is 0 Å². The van der Waals surface area contributed by atoms with Crippen molar-refractivity contribution < 1.29 is 19.5 Å². The van der Waals surface area contributed by atoms with Crippen LogP contribution in [0.25, 0.3) is 0 Å². The number of benzene rings is 1. The molecule has 0 aliphatic heterocycles. The van der Waals surface area contributed by atoms with Crippen molar-refractivity contribution in [3.63, 3.8) is 0 Å². The van der Waals surface area contributed by atoms with E-state index in [4.69, 9.17) is 23.2 Å². The van der Waals surface area contributed by atoms with Crippen LogP contribution in [0.5, 0.6) is 0 Å². The summed E-state index contributed by atoms with van der Waals surface area (Å²) in [5.41, 5.74) is -0.193. The summed E-state index contributed by atoms with van der Waals surface area (Å²) in [7, 11) is 0. The van der Waals surface area contributed by atoms with E-state index in [1.54, 1.807) is 6.07 Å². The molecule has 4 fully saturated rings. The maximum atomic E-state index is 12.7. The number of carbonyl (C=O) groups is 3. The van der Waals surface area contributed by atoms with Crippen molar-refractivity contribution >= 4 is 41.1 Å². The minimum Gasteiger partial charge on any atom is -0.480 e. The van der Waals surface area contributed by atoms with Gasteiger partial charge in [0, 0.05) is 5.54 Å². The van der Waals surface area contributed by atoms with Gasteiger partial charge in [-0.3, -0.25) is 4.79 Å². The first kappa shape index (κ1) is 22.2. The highest BCUT2D eigenvalue weighted by Gasteiger charge is 2.48. The molecule has 4 N–H and O–H groups in total. The summed E-state index contributed by atoms with van der Waals surface area (Å²) < 4.78 is 0. The van der Waals surface area contributed by atoms with Gasteiger partial charge in [-0.25, -0.2) is 9.59 Å². The number of rotatable bonds is 6. The van der Waals surface area contributed by atoms with Crippen LogP contribution in [0.4, 0.5) is 4.79 Å². The number of carbonyl (C=O) groups excluding carboxylic acids is 2. The lowest BCUT2D eigenvalue weighted by Gasteiger charge is -2.45. The highest BCUT2D eigenvalue weighted by molar-refractivity contribution is 6.39. The van der Waals surface area contributed by atoms with Crippen molar-refractivity contribution in [2.45, 2.75) is 56.5 Å². The Morgan fingerprint density at radius 3 is 2.29 bits per heavy atom. The smallest absolute Gasteiger partial charge is 0.328 e. The topological polar surface area (TPSA) is 108 Å². The molecule has 0 heterocycles. The van der Waals surface area contributed by atoms with Crippen LogP contribution in [0.2, 0.25) is 10.0 Å². The minimum absolute atomic E-state index is 0.00566. The molecule has 5 rings (SSSR count). The number of hydrogen-bond acceptors (Lipinski definition) is 3. The Bertz CT molecular complexity index is 859. The van der Waals surface area contributed by atoms with E-state index in [1.165, 1.54) is 31.4 Å². The average molecular weight is 468 g/mol. The maximum absolute atomic E-state index is 12.7. The second-order valence-electron chi connectivity index (χ2n) is 9.33. The van der Waals surface area contributed by atoms with Gasteiger partial charge in [-0.2, -0.15) is 0 Å². The Kier molecular flexibility index (Phi) is 6.35. The summed E-state index contributed by atoms with van der Waals surface area (Å²) in [4.78, 5) is 36.8. The summed E-state index contributed by atoms with van der Waals surface area (Å²) in [6.45, 7) is -0.249. The molecule has 2 unspecified atom stereocenters. The molecule has 0 radical (unpaired) electrons. The number of hydrogen-bond donors (Lipinski definition) is 4. The molecule has 31 heavy (non-hydrogen) atoms. The van der Waals surface area contributed by atoms with Crippen molar-refractivity contribution in [1.82, 2.24) is 16.0 Å². The van der Waals surface area contributed by atoms with E-state index in [9.17, 15) is 19.5 Å². The summed E-state index contributed by atoms with van der Waals surface area (Å²) in [6, 6.07) is 2.88. The number of aliphatic carboxylic acids is 1. The first-order chi connectivity index (χ1) is 14.7. The third-order valence-corrected chi connectivity index (χ3v) is 7.66. The fourth-order valence-corrected chi connectivity index (χ4v) is 6.50. The quantitative estimate of drug-likeness (QED) is 0.509. The summed E-state index contributed by atoms with van der Waals surface area (Å²) >= 11 is 12.1. The molecule has 4 saturated carbocycles. The molecule has 4 bridgehead atoms. The van der Waals surface area contributed by atoms with Gasteiger partial charge in [0.05, 0.1) is 22.2 Å². The number of nitrogens with one attached hydrogen (secondary N) is 3. The molecular formula is C22H27Cl2N3O4. The molecule has 0 aromatic heterocycles. The van der Waals surface area contributed by atoms with Crippen LogP contribution in [-0.4, -0.2) is 41.1 Å². The summed E-state index contributed by atoms with van der Waals surface area (Å²) in [5.74, 6) is 0.158. The van der Waals surface area contributed by atoms with Gasteiger partial charge in [0.1, 0.15) is 6.04 Å². The van der Waals surface area contributed by atoms with E-state index < -0.39 is 23.9 Å². The van der Waals surface area contributed by atoms with E-state index in [1.807, 2.05) is 0 Å². The van der Waals surface area contributed by atoms with E-state index >= 15 is 0 Å². The standard InChI is InChI=1S/C22H27Cl2N3O4/c23-15-2-1-3-16(24)18(15)19(28)26-17(20(29)30)11-25-21(31)27-22-5-4-12-6-13(9-22)8-14(7-12)10-22/h1-3,12-14,17H,4-11H2,(H,26,28)(H,29,30)(H2,25,27,31)/t12?,13?,14?,17-,22?/m0/s1. The Morgan fingerprint density at radius 1 is 1.06 bits per heavy atom. The van der Waals surface area contributed by atoms with Crippen LogP contribution in [0.3, 0.4) is 0 Å². The monoisotopic (exact) mass is 467 g/mol. The fourth-order valence-electron chi connectivity index (χ4n) is 5.93. The van der Waals surface area contributed by atoms with Gasteiger partial charge in [-0.15, -0.1) is 0 Å². The molecule has 9 heteroatoms. The van der Waals surface area contributed by atoms with Crippen LogP contribution in [-0.2, 0) is 4.79 Å². The van der Waals surface area contributed by atoms with Gasteiger partial charge in [-0.1, -0.05) is 29.3 Å². The fraction of sp³-hybridized carbons (Fsp3) is 0.591. The first-order valence-corrected chi connectivity index (χ1v) is 11.5. The Hall–Kier alpha value is -1.99. The number of fused-ring (bicyclic) bond motifs is 1. The van der Waals surface area contributed by atoms with E-state index in [0.717, 1.165) is 31.6 Å². The van der Waals surface area contributed by atoms with E-state index in [-0.39, 0.29) is 27.7 Å². The number of halogens is 2. The van der Waals surface area contributed by atoms with Crippen LogP contribution in [0, 0.1) is 17.8 Å². The van der Waals surface area contributed by atoms with E-state index in [0.29, 0.717) is 11.8 Å². The molecule has 1 aromatic carbocycles. The normalized spacial score (nSPS) is 29.7. The zero-order valence-electron chi connectivity index (χ0n) is 17.1. The maximum Gasteiger partial charge on any atom is 0.328 e. The molecule has 1 aromatic rings. The Labute approximate surface area is 191 Å². The molecule has 3 amide bonds. The zero-order chi connectivity index (χ0) is 22.2. The highest BCUT2D eigenvalue weighted by atomic mass is 35.5. The first-order valence-electron chi connectivity index (χ1n) is 10.8. The van der Waals surface area contributed by atoms with Crippen molar-refractivity contribution in [3.8, 4) is 0 Å². The van der Waals surface area contributed by atoms with Crippen molar-refractivity contribution in [1.29, 1.82) is 0 Å². The number of carboxylic acid groups (broad SMARTS) is 1. The molecular weight excluding hydrogens is 441 g/mol. The molecule has 0 saturated heterocycles. The molecule has 4 aliphatic rings. The van der Waals surface area contributed by atoms with Crippen LogP contribution in [0.15, 0.2) is 18.2 Å². The number of carboxylic acids is 1. The second kappa shape index (κ2) is 8.87. The highest BCUT2D eigenvalue weighted by Crippen LogP contribution is 2.52. The van der Waals surface area contributed by atoms with Crippen LogP contribution in [0.1, 0.15) is 55.3 Å². The second-order valence-corrected chi connectivity index (χ2v) is 10.1. The third-order valence-electron chi connectivity index (χ3n) is 7.03. The SMILES string of the molecule is O=C(NC[C@H](NC(=O)c1c(Cl)cccc1Cl)C(=O)O)NC12CCC3CC(CC(C3)C1)C2. The van der Waals surface area contributed by atoms with Crippen molar-refractivity contribution in [2.24, 2.45) is 17.8 Å². The Morgan fingerprint density at radius 2 is 1.68 bits per heavy atom. The summed E-state index contributed by atoms with van der Waals surface area (Å²) in [5, 5.41) is 17.9. The lowest BCUT2D eigenvalue weighted by molar-refractivity contribution is -0.139. The predicted molar refractivity (Wildman–Crippen MR) is 117 cm³/mol. The van der Waals surface area contributed by atoms with Gasteiger partial charge in [-0.05, 0) is 74.8 Å². The minimum atomic E-state index is -1.32. The summed E-state index contributed by atoms with van der Waals surface area (Å²) in [6.07, 6.45) is 7.90. The Balaban J connectivity index is 1.36. The van der Waals surface area contributed by atoms with Crippen molar-refractivity contribution in [3.05, 3.63) is 33.8 Å². The molecule has 4 aliphatic carbocycles. The number of urea groups is 1. The van der Waals surface area contributed by atoms with Gasteiger partial charge in [0.25, 0.3) is 5.91 Å². The van der Waals surface area contributed by atoms with Gasteiger partial charge >= 0.3 is 12.0 Å². The van der Waals surface area contributed by atoms with Crippen molar-refractivity contribution in [2.75, 3.05) is 6.54 Å². The molecule has 0 spiro atoms. The van der Waals surface area contributed by atoms with E-state index in [2.05, 4.69) is 16.0 Å². The van der Waals surface area contributed by atoms with Gasteiger partial charge in [0.2, 0.25) is 0 Å². The van der Waals surface area contributed by atoms with Crippen LogP contribution >= 0.6 is 23.2 Å². The van der Waals surface area contributed by atoms with Gasteiger partial charge < -0.3 is 21.1 Å². The lowest BCUT2D eigenvalue weighted by atomic mass is 9.65. The molecule has 7 nitrogen and oxygen atoms in total. The number of amides is 3. The largest absolute Gasteiger partial charge is 0.480 e. The third kappa shape index (κ3) is 4.93. The molecule has 168 valence electrons.